The summed E-state index contributed by atoms with van der Waals surface area (Å²) in [6, 6.07) is 4.64. The van der Waals surface area contributed by atoms with Gasteiger partial charge in [-0.05, 0) is 45.0 Å². The first kappa shape index (κ1) is 16.7. The number of oxime groups is 1. The molecule has 0 spiro atoms. The van der Waals surface area contributed by atoms with Crippen LogP contribution in [0.2, 0.25) is 0 Å². The van der Waals surface area contributed by atoms with E-state index in [-0.39, 0.29) is 0 Å². The molecule has 5 nitrogen and oxygen atoms in total. The summed E-state index contributed by atoms with van der Waals surface area (Å²) in [4.78, 5) is 8.62. The number of nitrogens with zero attached hydrogens (tertiary/aromatic N) is 3. The van der Waals surface area contributed by atoms with Gasteiger partial charge in [0, 0.05) is 5.69 Å². The monoisotopic (exact) mass is 324 g/mol. The van der Waals surface area contributed by atoms with E-state index < -0.39 is 11.7 Å². The Kier molecular flexibility index (Phi) is 4.53. The van der Waals surface area contributed by atoms with Crippen molar-refractivity contribution >= 4 is 17.2 Å². The summed E-state index contributed by atoms with van der Waals surface area (Å²) < 4.78 is 37.6. The first-order chi connectivity index (χ1) is 10.7. The average Bonchev–Trinajstić information content (AvgIpc) is 2.49. The Hall–Kier alpha value is -2.64. The maximum atomic E-state index is 12.5. The molecule has 0 saturated carbocycles. The van der Waals surface area contributed by atoms with Crippen LogP contribution in [0.15, 0.2) is 29.4 Å². The zero-order chi connectivity index (χ0) is 17.2. The van der Waals surface area contributed by atoms with Gasteiger partial charge in [0.05, 0.1) is 17.0 Å². The van der Waals surface area contributed by atoms with E-state index in [1.165, 1.54) is 12.1 Å². The van der Waals surface area contributed by atoms with Crippen LogP contribution in [0.25, 0.3) is 0 Å². The molecule has 0 saturated heterocycles. The summed E-state index contributed by atoms with van der Waals surface area (Å²) in [6.45, 7) is 5.00. The Morgan fingerprint density at radius 2 is 1.70 bits per heavy atom. The van der Waals surface area contributed by atoms with Crippen molar-refractivity contribution in [1.29, 1.82) is 0 Å². The van der Waals surface area contributed by atoms with E-state index in [0.717, 1.165) is 12.1 Å². The van der Waals surface area contributed by atoms with Crippen LogP contribution in [0, 0.1) is 13.8 Å². The molecule has 0 fully saturated rings. The van der Waals surface area contributed by atoms with Gasteiger partial charge >= 0.3 is 6.18 Å². The number of anilines is 2. The predicted molar refractivity (Wildman–Crippen MR) is 80.2 cm³/mol. The molecule has 0 radical (unpaired) electrons. The fraction of sp³-hybridized carbons (Fsp3) is 0.267. The van der Waals surface area contributed by atoms with E-state index >= 15 is 0 Å². The van der Waals surface area contributed by atoms with E-state index in [1.807, 2.05) is 0 Å². The Bertz CT molecular complexity index is 740. The summed E-state index contributed by atoms with van der Waals surface area (Å²) in [6.07, 6.45) is -4.37. The highest BCUT2D eigenvalue weighted by Gasteiger charge is 2.29. The van der Waals surface area contributed by atoms with E-state index in [9.17, 15) is 13.2 Å². The lowest BCUT2D eigenvalue weighted by Crippen LogP contribution is -2.09. The highest BCUT2D eigenvalue weighted by Crippen LogP contribution is 2.30. The van der Waals surface area contributed by atoms with Gasteiger partial charge in [-0.25, -0.2) is 9.97 Å². The molecule has 0 bridgehead atoms. The Labute approximate surface area is 130 Å². The summed E-state index contributed by atoms with van der Waals surface area (Å²) in [5.41, 5.74) is 1.62. The van der Waals surface area contributed by atoms with Gasteiger partial charge in [-0.1, -0.05) is 5.16 Å². The van der Waals surface area contributed by atoms with Crippen LogP contribution in [0.4, 0.5) is 24.7 Å². The summed E-state index contributed by atoms with van der Waals surface area (Å²) in [5, 5.41) is 14.8. The number of halogens is 3. The van der Waals surface area contributed by atoms with Gasteiger partial charge in [0.1, 0.15) is 11.4 Å². The second-order valence-corrected chi connectivity index (χ2v) is 4.98. The van der Waals surface area contributed by atoms with Gasteiger partial charge < -0.3 is 10.5 Å². The van der Waals surface area contributed by atoms with E-state index in [1.54, 1.807) is 20.8 Å². The van der Waals surface area contributed by atoms with Crippen molar-refractivity contribution in [3.8, 4) is 0 Å². The third kappa shape index (κ3) is 3.77. The van der Waals surface area contributed by atoms with Crippen LogP contribution < -0.4 is 5.32 Å². The van der Waals surface area contributed by atoms with Gasteiger partial charge in [0.25, 0.3) is 0 Å². The molecule has 8 heteroatoms. The quantitative estimate of drug-likeness (QED) is 0.507. The van der Waals surface area contributed by atoms with Crippen molar-refractivity contribution in [2.24, 2.45) is 5.16 Å². The van der Waals surface area contributed by atoms with Crippen molar-refractivity contribution in [2.45, 2.75) is 26.9 Å². The summed E-state index contributed by atoms with van der Waals surface area (Å²) >= 11 is 0. The molecule has 122 valence electrons. The van der Waals surface area contributed by atoms with Crippen LogP contribution in [0.5, 0.6) is 0 Å². The van der Waals surface area contributed by atoms with Crippen LogP contribution in [-0.2, 0) is 6.18 Å². The van der Waals surface area contributed by atoms with Gasteiger partial charge in [-0.2, -0.15) is 13.2 Å². The molecule has 1 heterocycles. The fourth-order valence-corrected chi connectivity index (χ4v) is 1.99. The van der Waals surface area contributed by atoms with Gasteiger partial charge in [-0.3, -0.25) is 0 Å². The molecule has 23 heavy (non-hydrogen) atoms. The molecule has 2 N–H and O–H groups in total. The second-order valence-electron chi connectivity index (χ2n) is 4.98. The van der Waals surface area contributed by atoms with Crippen LogP contribution in [0.1, 0.15) is 29.6 Å². The number of hydrogen-bond donors (Lipinski definition) is 2. The summed E-state index contributed by atoms with van der Waals surface area (Å²) in [7, 11) is 0. The van der Waals surface area contributed by atoms with Crippen molar-refractivity contribution in [3.05, 3.63) is 46.9 Å². The highest BCUT2D eigenvalue weighted by molar-refractivity contribution is 5.97. The second kappa shape index (κ2) is 6.23. The van der Waals surface area contributed by atoms with Gasteiger partial charge in [0.15, 0.2) is 5.82 Å². The molecule has 0 aliphatic heterocycles. The minimum absolute atomic E-state index is 0.333. The SMILES string of the molecule is C/C(=N/O)c1nc(C)c(Nc2ccc(C(F)(F)F)cc2)nc1C. The molecular formula is C15H15F3N4O. The molecule has 0 aliphatic carbocycles. The number of nitrogens with one attached hydrogen (secondary N) is 1. The van der Waals surface area contributed by atoms with E-state index in [0.29, 0.717) is 34.3 Å². The van der Waals surface area contributed by atoms with Crippen molar-refractivity contribution in [1.82, 2.24) is 9.97 Å². The van der Waals surface area contributed by atoms with Crippen molar-refractivity contribution in [2.75, 3.05) is 5.32 Å². The molecule has 0 atom stereocenters. The molecule has 1 aromatic carbocycles. The molecule has 2 aromatic rings. The van der Waals surface area contributed by atoms with E-state index in [2.05, 4.69) is 20.4 Å². The average molecular weight is 324 g/mol. The number of benzene rings is 1. The maximum Gasteiger partial charge on any atom is 0.416 e. The zero-order valence-corrected chi connectivity index (χ0v) is 12.7. The van der Waals surface area contributed by atoms with Crippen LogP contribution in [-0.4, -0.2) is 20.9 Å². The number of alkyl halides is 3. The fourth-order valence-electron chi connectivity index (χ4n) is 1.99. The zero-order valence-electron chi connectivity index (χ0n) is 12.7. The standard InChI is InChI=1S/C15H15F3N4O/c1-8-13(9(2)22-23)19-10(3)14(20-8)21-12-6-4-11(5-7-12)15(16,17)18/h4-7,23H,1-3H3,(H,20,21)/b22-9-. The molecule has 2 rings (SSSR count). The van der Waals surface area contributed by atoms with Crippen LogP contribution >= 0.6 is 0 Å². The summed E-state index contributed by atoms with van der Waals surface area (Å²) in [5.74, 6) is 0.428. The number of rotatable bonds is 3. The topological polar surface area (TPSA) is 70.4 Å². The van der Waals surface area contributed by atoms with Gasteiger partial charge in [0.2, 0.25) is 0 Å². The Balaban J connectivity index is 2.29. The lowest BCUT2D eigenvalue weighted by Gasteiger charge is -2.12. The first-order valence-electron chi connectivity index (χ1n) is 6.71. The van der Waals surface area contributed by atoms with Crippen molar-refractivity contribution < 1.29 is 18.4 Å². The third-order valence-corrected chi connectivity index (χ3v) is 3.21. The minimum atomic E-state index is -4.37. The Morgan fingerprint density at radius 3 is 2.22 bits per heavy atom. The molecule has 0 amide bonds. The number of aromatic nitrogens is 2. The highest BCUT2D eigenvalue weighted by atomic mass is 19.4. The molecule has 0 aliphatic rings. The maximum absolute atomic E-state index is 12.5. The third-order valence-electron chi connectivity index (χ3n) is 3.21. The Morgan fingerprint density at radius 1 is 1.09 bits per heavy atom. The largest absolute Gasteiger partial charge is 0.416 e. The normalized spacial score (nSPS) is 12.3. The molecule has 0 unspecified atom stereocenters. The number of aryl methyl sites for hydroxylation is 2. The lowest BCUT2D eigenvalue weighted by atomic mass is 10.2. The molecule has 1 aromatic heterocycles. The van der Waals surface area contributed by atoms with Gasteiger partial charge in [-0.15, -0.1) is 0 Å². The molecular weight excluding hydrogens is 309 g/mol. The smallest absolute Gasteiger partial charge is 0.411 e. The first-order valence-corrected chi connectivity index (χ1v) is 6.71. The van der Waals surface area contributed by atoms with Crippen molar-refractivity contribution in [3.63, 3.8) is 0 Å². The van der Waals surface area contributed by atoms with E-state index in [4.69, 9.17) is 5.21 Å². The lowest BCUT2D eigenvalue weighted by molar-refractivity contribution is -0.137. The van der Waals surface area contributed by atoms with Crippen LogP contribution in [0.3, 0.4) is 0 Å². The number of hydrogen-bond acceptors (Lipinski definition) is 5. The predicted octanol–water partition coefficient (Wildman–Crippen LogP) is 4.05. The minimum Gasteiger partial charge on any atom is -0.411 e.